The van der Waals surface area contributed by atoms with Crippen molar-refractivity contribution in [1.82, 2.24) is 4.98 Å². The summed E-state index contributed by atoms with van der Waals surface area (Å²) < 4.78 is 49.7. The standard InChI is InChI=1S/C10H9F3N2O6/c1-19-7(16)3-5-8(20-2)9(21-10(11,12)13)6(4-14-5)15(17)18/h4H,3H2,1-2H3. The first-order valence-electron chi connectivity index (χ1n) is 5.22. The molecule has 0 fully saturated rings. The normalized spacial score (nSPS) is 10.9. The van der Waals surface area contributed by atoms with Crippen LogP contribution in [-0.4, -0.2) is 36.5 Å². The zero-order valence-electron chi connectivity index (χ0n) is 10.8. The molecule has 0 saturated carbocycles. The Balaban J connectivity index is 3.41. The largest absolute Gasteiger partial charge is 0.573 e. The lowest BCUT2D eigenvalue weighted by Gasteiger charge is -2.14. The van der Waals surface area contributed by atoms with Crippen LogP contribution >= 0.6 is 0 Å². The molecule has 0 unspecified atom stereocenters. The quantitative estimate of drug-likeness (QED) is 0.462. The average Bonchev–Trinajstić information content (AvgIpc) is 2.36. The van der Waals surface area contributed by atoms with Crippen molar-refractivity contribution >= 4 is 11.7 Å². The molecule has 21 heavy (non-hydrogen) atoms. The molecule has 0 atom stereocenters. The van der Waals surface area contributed by atoms with Crippen molar-refractivity contribution in [3.63, 3.8) is 0 Å². The number of carbonyl (C=O) groups excluding carboxylic acids is 1. The number of pyridine rings is 1. The highest BCUT2D eigenvalue weighted by Gasteiger charge is 2.38. The molecule has 0 saturated heterocycles. The fourth-order valence-electron chi connectivity index (χ4n) is 1.39. The van der Waals surface area contributed by atoms with Gasteiger partial charge in [-0.2, -0.15) is 0 Å². The summed E-state index contributed by atoms with van der Waals surface area (Å²) in [4.78, 5) is 24.3. The highest BCUT2D eigenvalue weighted by molar-refractivity contribution is 5.74. The van der Waals surface area contributed by atoms with Crippen molar-refractivity contribution in [3.05, 3.63) is 22.0 Å². The van der Waals surface area contributed by atoms with Crippen LogP contribution in [0.25, 0.3) is 0 Å². The topological polar surface area (TPSA) is 101 Å². The molecule has 0 bridgehead atoms. The Kier molecular flexibility index (Phi) is 4.89. The van der Waals surface area contributed by atoms with Gasteiger partial charge in [0.25, 0.3) is 5.75 Å². The summed E-state index contributed by atoms with van der Waals surface area (Å²) >= 11 is 0. The third kappa shape index (κ3) is 4.19. The number of rotatable bonds is 5. The monoisotopic (exact) mass is 310 g/mol. The van der Waals surface area contributed by atoms with Crippen LogP contribution in [-0.2, 0) is 16.0 Å². The predicted molar refractivity (Wildman–Crippen MR) is 59.8 cm³/mol. The second-order valence-electron chi connectivity index (χ2n) is 3.51. The second kappa shape index (κ2) is 6.24. The van der Waals surface area contributed by atoms with Crippen LogP contribution in [0.5, 0.6) is 11.5 Å². The molecule has 1 aromatic rings. The number of hydrogen-bond acceptors (Lipinski definition) is 7. The predicted octanol–water partition coefficient (Wildman–Crippen LogP) is 1.61. The highest BCUT2D eigenvalue weighted by atomic mass is 19.4. The maximum atomic E-state index is 12.3. The first kappa shape index (κ1) is 16.5. The van der Waals surface area contributed by atoms with E-state index in [4.69, 9.17) is 0 Å². The van der Waals surface area contributed by atoms with Gasteiger partial charge in [-0.3, -0.25) is 14.9 Å². The molecule has 0 amide bonds. The number of nitrogens with zero attached hydrogens (tertiary/aromatic N) is 2. The van der Waals surface area contributed by atoms with Crippen LogP contribution in [0.4, 0.5) is 18.9 Å². The van der Waals surface area contributed by atoms with E-state index < -0.39 is 40.9 Å². The summed E-state index contributed by atoms with van der Waals surface area (Å²) in [5, 5.41) is 10.7. The van der Waals surface area contributed by atoms with Crippen LogP contribution in [0.2, 0.25) is 0 Å². The van der Waals surface area contributed by atoms with Gasteiger partial charge in [-0.25, -0.2) is 4.98 Å². The van der Waals surface area contributed by atoms with Gasteiger partial charge >= 0.3 is 18.0 Å². The molecule has 116 valence electrons. The fraction of sp³-hybridized carbons (Fsp3) is 0.400. The highest BCUT2D eigenvalue weighted by Crippen LogP contribution is 2.41. The average molecular weight is 310 g/mol. The van der Waals surface area contributed by atoms with Crippen molar-refractivity contribution in [1.29, 1.82) is 0 Å². The Morgan fingerprint density at radius 1 is 1.38 bits per heavy atom. The van der Waals surface area contributed by atoms with E-state index in [1.165, 1.54) is 0 Å². The van der Waals surface area contributed by atoms with E-state index in [1.807, 2.05) is 0 Å². The van der Waals surface area contributed by atoms with Gasteiger partial charge in [0.1, 0.15) is 6.20 Å². The molecule has 0 spiro atoms. The minimum atomic E-state index is -5.18. The van der Waals surface area contributed by atoms with E-state index in [9.17, 15) is 28.1 Å². The fourth-order valence-corrected chi connectivity index (χ4v) is 1.39. The number of hydrogen-bond donors (Lipinski definition) is 0. The van der Waals surface area contributed by atoms with E-state index in [1.54, 1.807) is 0 Å². The third-order valence-electron chi connectivity index (χ3n) is 2.20. The lowest BCUT2D eigenvalue weighted by molar-refractivity contribution is -0.389. The zero-order chi connectivity index (χ0) is 16.2. The number of ether oxygens (including phenoxy) is 3. The van der Waals surface area contributed by atoms with Gasteiger partial charge in [-0.15, -0.1) is 13.2 Å². The van der Waals surface area contributed by atoms with Crippen molar-refractivity contribution in [2.75, 3.05) is 14.2 Å². The summed E-state index contributed by atoms with van der Waals surface area (Å²) in [5.74, 6) is -2.65. The van der Waals surface area contributed by atoms with E-state index in [0.717, 1.165) is 14.2 Å². The second-order valence-corrected chi connectivity index (χ2v) is 3.51. The van der Waals surface area contributed by atoms with Gasteiger partial charge in [0.15, 0.2) is 5.75 Å². The Morgan fingerprint density at radius 2 is 2.00 bits per heavy atom. The molecular formula is C10H9F3N2O6. The number of aromatic nitrogens is 1. The number of esters is 1. The summed E-state index contributed by atoms with van der Waals surface area (Å²) in [6, 6.07) is 0. The zero-order valence-corrected chi connectivity index (χ0v) is 10.8. The molecule has 1 aromatic heterocycles. The summed E-state index contributed by atoms with van der Waals surface area (Å²) in [6.07, 6.45) is -5.17. The summed E-state index contributed by atoms with van der Waals surface area (Å²) in [6.45, 7) is 0. The molecule has 0 N–H and O–H groups in total. The molecular weight excluding hydrogens is 301 g/mol. The Hall–Kier alpha value is -2.59. The number of methoxy groups -OCH3 is 2. The van der Waals surface area contributed by atoms with Crippen LogP contribution < -0.4 is 9.47 Å². The molecule has 1 heterocycles. The SMILES string of the molecule is COC(=O)Cc1ncc([N+](=O)[O-])c(OC(F)(F)F)c1OC. The lowest BCUT2D eigenvalue weighted by Crippen LogP contribution is -2.19. The lowest BCUT2D eigenvalue weighted by atomic mass is 10.2. The van der Waals surface area contributed by atoms with Crippen molar-refractivity contribution in [2.45, 2.75) is 12.8 Å². The van der Waals surface area contributed by atoms with Crippen molar-refractivity contribution in [2.24, 2.45) is 0 Å². The Bertz CT molecular complexity index is 560. The number of nitro groups is 1. The van der Waals surface area contributed by atoms with Crippen molar-refractivity contribution < 1.29 is 37.1 Å². The van der Waals surface area contributed by atoms with Gasteiger partial charge in [-0.1, -0.05) is 0 Å². The Labute approximate surface area is 115 Å². The van der Waals surface area contributed by atoms with Gasteiger partial charge < -0.3 is 14.2 Å². The first-order valence-corrected chi connectivity index (χ1v) is 5.22. The number of carbonyl (C=O) groups is 1. The molecule has 8 nitrogen and oxygen atoms in total. The third-order valence-corrected chi connectivity index (χ3v) is 2.20. The first-order chi connectivity index (χ1) is 9.69. The van der Waals surface area contributed by atoms with Gasteiger partial charge in [-0.05, 0) is 0 Å². The summed E-state index contributed by atoms with van der Waals surface area (Å²) in [5.41, 5.74) is -1.33. The molecule has 0 aliphatic heterocycles. The van der Waals surface area contributed by atoms with E-state index in [0.29, 0.717) is 6.20 Å². The minimum Gasteiger partial charge on any atom is -0.491 e. The smallest absolute Gasteiger partial charge is 0.491 e. The van der Waals surface area contributed by atoms with E-state index in [2.05, 4.69) is 19.2 Å². The van der Waals surface area contributed by atoms with E-state index in [-0.39, 0.29) is 5.69 Å². The van der Waals surface area contributed by atoms with Gasteiger partial charge in [0.05, 0.1) is 31.3 Å². The molecule has 0 aliphatic carbocycles. The number of alkyl halides is 3. The Morgan fingerprint density at radius 3 is 2.43 bits per heavy atom. The number of halogens is 3. The van der Waals surface area contributed by atoms with Crippen molar-refractivity contribution in [3.8, 4) is 11.5 Å². The maximum absolute atomic E-state index is 12.3. The van der Waals surface area contributed by atoms with Crippen LogP contribution in [0.1, 0.15) is 5.69 Å². The van der Waals surface area contributed by atoms with Gasteiger partial charge in [0, 0.05) is 0 Å². The summed E-state index contributed by atoms with van der Waals surface area (Å²) in [7, 11) is 2.03. The molecule has 0 aromatic carbocycles. The van der Waals surface area contributed by atoms with Gasteiger partial charge in [0.2, 0.25) is 0 Å². The molecule has 1 rings (SSSR count). The van der Waals surface area contributed by atoms with E-state index >= 15 is 0 Å². The minimum absolute atomic E-state index is 0.283. The molecule has 0 aliphatic rings. The van der Waals surface area contributed by atoms with Crippen LogP contribution in [0, 0.1) is 10.1 Å². The maximum Gasteiger partial charge on any atom is 0.573 e. The molecule has 11 heteroatoms. The van der Waals surface area contributed by atoms with Crippen LogP contribution in [0.15, 0.2) is 6.20 Å². The molecule has 0 radical (unpaired) electrons. The van der Waals surface area contributed by atoms with Crippen LogP contribution in [0.3, 0.4) is 0 Å².